The summed E-state index contributed by atoms with van der Waals surface area (Å²) in [7, 11) is 3.54. The zero-order chi connectivity index (χ0) is 17.4. The first-order valence-electron chi connectivity index (χ1n) is 7.54. The van der Waals surface area contributed by atoms with E-state index in [1.165, 1.54) is 17.2 Å². The molecular weight excluding hydrogens is 319 g/mol. The summed E-state index contributed by atoms with van der Waals surface area (Å²) in [5, 5.41) is 20.2. The van der Waals surface area contributed by atoms with Gasteiger partial charge in [-0.05, 0) is 6.42 Å². The van der Waals surface area contributed by atoms with Crippen LogP contribution in [0.2, 0.25) is 0 Å². The van der Waals surface area contributed by atoms with Crippen molar-refractivity contribution in [1.29, 1.82) is 0 Å². The van der Waals surface area contributed by atoms with Gasteiger partial charge < -0.3 is 19.8 Å². The number of nitrogens with zero attached hydrogens (tertiary/aromatic N) is 6. The highest BCUT2D eigenvalue weighted by Gasteiger charge is 2.43. The Labute approximate surface area is 137 Å². The highest BCUT2D eigenvalue weighted by atomic mass is 19.1. The van der Waals surface area contributed by atoms with E-state index in [9.17, 15) is 14.6 Å². The van der Waals surface area contributed by atoms with Crippen LogP contribution in [0.4, 0.5) is 10.2 Å². The van der Waals surface area contributed by atoms with E-state index in [2.05, 4.69) is 19.9 Å². The normalized spacial score (nSPS) is 27.4. The third kappa shape index (κ3) is 2.83. The van der Waals surface area contributed by atoms with E-state index in [4.69, 9.17) is 4.74 Å². The number of aromatic nitrogens is 4. The first-order valence-corrected chi connectivity index (χ1v) is 7.54. The summed E-state index contributed by atoms with van der Waals surface area (Å²) in [6.07, 6.45) is -1.22. The minimum absolute atomic E-state index is 0.0741. The monoisotopic (exact) mass is 338 g/mol. The van der Waals surface area contributed by atoms with Crippen LogP contribution >= 0.6 is 0 Å². The summed E-state index contributed by atoms with van der Waals surface area (Å²) >= 11 is 0. The lowest BCUT2D eigenvalue weighted by Crippen LogP contribution is -2.31. The maximum Gasteiger partial charge on any atom is 0.312 e. The molecule has 1 aliphatic heterocycles. The van der Waals surface area contributed by atoms with Crippen LogP contribution in [0.25, 0.3) is 11.2 Å². The van der Waals surface area contributed by atoms with E-state index in [0.29, 0.717) is 6.42 Å². The van der Waals surface area contributed by atoms with E-state index in [-0.39, 0.29) is 17.0 Å². The van der Waals surface area contributed by atoms with Crippen molar-refractivity contribution in [2.75, 3.05) is 14.1 Å². The van der Waals surface area contributed by atoms with Crippen LogP contribution in [0.5, 0.6) is 0 Å². The molecule has 1 unspecified atom stereocenters. The van der Waals surface area contributed by atoms with Crippen molar-refractivity contribution in [3.05, 3.63) is 12.4 Å². The SMILES string of the molecule is CC[C@H]1OC(n2cnc3c(N=CN(C)C)nc(F)nc32)[C@H](O)[C@@H]1O. The number of rotatable bonds is 4. The molecule has 0 saturated carbocycles. The first-order chi connectivity index (χ1) is 11.4. The van der Waals surface area contributed by atoms with E-state index < -0.39 is 30.6 Å². The molecule has 0 bridgehead atoms. The van der Waals surface area contributed by atoms with E-state index in [1.807, 2.05) is 6.92 Å². The molecule has 130 valence electrons. The quantitative estimate of drug-likeness (QED) is 0.466. The molecule has 0 radical (unpaired) electrons. The van der Waals surface area contributed by atoms with Gasteiger partial charge in [0.15, 0.2) is 23.2 Å². The van der Waals surface area contributed by atoms with Crippen LogP contribution < -0.4 is 0 Å². The highest BCUT2D eigenvalue weighted by molar-refractivity contribution is 5.83. The maximum absolute atomic E-state index is 13.8. The fraction of sp³-hybridized carbons (Fsp3) is 0.571. The van der Waals surface area contributed by atoms with Gasteiger partial charge in [0, 0.05) is 14.1 Å². The molecule has 0 amide bonds. The first kappa shape index (κ1) is 16.7. The second-order valence-corrected chi connectivity index (χ2v) is 5.80. The lowest BCUT2D eigenvalue weighted by molar-refractivity contribution is -0.0356. The molecule has 2 aromatic rings. The Hall–Kier alpha value is -2.17. The van der Waals surface area contributed by atoms with Gasteiger partial charge in [0.2, 0.25) is 0 Å². The minimum atomic E-state index is -1.17. The molecule has 1 saturated heterocycles. The molecule has 0 aliphatic carbocycles. The van der Waals surface area contributed by atoms with Crippen molar-refractivity contribution in [2.24, 2.45) is 4.99 Å². The summed E-state index contributed by atoms with van der Waals surface area (Å²) in [5.74, 6) is 0.0741. The summed E-state index contributed by atoms with van der Waals surface area (Å²) in [5.41, 5.74) is 0.418. The van der Waals surface area contributed by atoms with Crippen LogP contribution in [0, 0.1) is 6.08 Å². The van der Waals surface area contributed by atoms with Gasteiger partial charge in [-0.25, -0.2) is 9.98 Å². The second-order valence-electron chi connectivity index (χ2n) is 5.80. The molecule has 9 nitrogen and oxygen atoms in total. The van der Waals surface area contributed by atoms with Crippen molar-refractivity contribution < 1.29 is 19.3 Å². The van der Waals surface area contributed by atoms with E-state index >= 15 is 0 Å². The molecule has 2 N–H and O–H groups in total. The Kier molecular flexibility index (Phi) is 4.43. The van der Waals surface area contributed by atoms with Crippen LogP contribution in [-0.2, 0) is 4.74 Å². The molecule has 1 fully saturated rings. The number of aliphatic hydroxyl groups excluding tert-OH is 2. The van der Waals surface area contributed by atoms with Gasteiger partial charge in [-0.1, -0.05) is 6.92 Å². The molecule has 1 aliphatic rings. The highest BCUT2D eigenvalue weighted by Crippen LogP contribution is 2.33. The zero-order valence-corrected chi connectivity index (χ0v) is 13.5. The average molecular weight is 338 g/mol. The van der Waals surface area contributed by atoms with Gasteiger partial charge in [0.1, 0.15) is 12.2 Å². The van der Waals surface area contributed by atoms with Crippen LogP contribution in [0.3, 0.4) is 0 Å². The summed E-state index contributed by atoms with van der Waals surface area (Å²) < 4.78 is 20.8. The third-order valence-electron chi connectivity index (χ3n) is 3.80. The number of fused-ring (bicyclic) bond motifs is 1. The lowest BCUT2D eigenvalue weighted by Gasteiger charge is -2.16. The average Bonchev–Trinajstić information content (AvgIpc) is 3.07. The van der Waals surface area contributed by atoms with Crippen molar-refractivity contribution in [2.45, 2.75) is 37.9 Å². The standard InChI is InChI=1S/C14H19FN6O3/c1-4-7-9(22)10(23)13(24-7)21-6-16-8-11(17-5-20(2)3)18-14(15)19-12(8)21/h5-7,9-10,13,22-23H,4H2,1-3H3/t7-,9-,10-,13?/m1/s1. The predicted octanol–water partition coefficient (Wildman–Crippen LogP) is 0.216. The van der Waals surface area contributed by atoms with Gasteiger partial charge in [0.05, 0.1) is 18.8 Å². The van der Waals surface area contributed by atoms with Crippen molar-refractivity contribution in [3.8, 4) is 0 Å². The smallest absolute Gasteiger partial charge is 0.312 e. The Morgan fingerprint density at radius 1 is 1.38 bits per heavy atom. The number of aliphatic hydroxyl groups is 2. The minimum Gasteiger partial charge on any atom is -0.388 e. The van der Waals surface area contributed by atoms with Gasteiger partial charge >= 0.3 is 6.08 Å². The fourth-order valence-corrected chi connectivity index (χ4v) is 2.62. The molecule has 3 heterocycles. The summed E-state index contributed by atoms with van der Waals surface area (Å²) in [4.78, 5) is 17.3. The molecule has 2 aromatic heterocycles. The maximum atomic E-state index is 13.8. The van der Waals surface area contributed by atoms with Gasteiger partial charge in [-0.15, -0.1) is 0 Å². The lowest BCUT2D eigenvalue weighted by atomic mass is 10.1. The van der Waals surface area contributed by atoms with E-state index in [0.717, 1.165) is 0 Å². The van der Waals surface area contributed by atoms with Crippen molar-refractivity contribution in [1.82, 2.24) is 24.4 Å². The van der Waals surface area contributed by atoms with E-state index in [1.54, 1.807) is 19.0 Å². The van der Waals surface area contributed by atoms with Crippen molar-refractivity contribution >= 4 is 23.3 Å². The molecule has 4 atom stereocenters. The van der Waals surface area contributed by atoms with Crippen LogP contribution in [0.15, 0.2) is 11.3 Å². The largest absolute Gasteiger partial charge is 0.388 e. The Morgan fingerprint density at radius 3 is 2.75 bits per heavy atom. The zero-order valence-electron chi connectivity index (χ0n) is 13.5. The number of ether oxygens (including phenoxy) is 1. The molecule has 10 heteroatoms. The molecule has 3 rings (SSSR count). The number of aliphatic imine (C=N–C) groups is 1. The van der Waals surface area contributed by atoms with Crippen molar-refractivity contribution in [3.63, 3.8) is 0 Å². The van der Waals surface area contributed by atoms with Gasteiger partial charge in [0.25, 0.3) is 0 Å². The number of hydrogen-bond donors (Lipinski definition) is 2. The fourth-order valence-electron chi connectivity index (χ4n) is 2.62. The number of hydrogen-bond acceptors (Lipinski definition) is 7. The van der Waals surface area contributed by atoms with Crippen LogP contribution in [-0.4, -0.2) is 73.4 Å². The summed E-state index contributed by atoms with van der Waals surface area (Å²) in [6.45, 7) is 1.84. The number of imidazole rings is 1. The predicted molar refractivity (Wildman–Crippen MR) is 83.3 cm³/mol. The third-order valence-corrected chi connectivity index (χ3v) is 3.80. The Bertz CT molecular complexity index is 764. The molecule has 0 spiro atoms. The van der Waals surface area contributed by atoms with Crippen LogP contribution in [0.1, 0.15) is 19.6 Å². The van der Waals surface area contributed by atoms with Gasteiger partial charge in [-0.2, -0.15) is 14.4 Å². The molecule has 0 aromatic carbocycles. The number of halogens is 1. The molecular formula is C14H19FN6O3. The summed E-state index contributed by atoms with van der Waals surface area (Å²) in [6, 6.07) is 0. The topological polar surface area (TPSA) is 109 Å². The van der Waals surface area contributed by atoms with Gasteiger partial charge in [-0.3, -0.25) is 4.57 Å². The molecule has 24 heavy (non-hydrogen) atoms. The Morgan fingerprint density at radius 2 is 2.12 bits per heavy atom. The Balaban J connectivity index is 2.05. The second kappa shape index (κ2) is 6.38.